The molecule has 5 nitrogen and oxygen atoms in total. The number of H-pyrrole nitrogens is 1. The number of nitrogens with one attached hydrogen (secondary N) is 2. The lowest BCUT2D eigenvalue weighted by Gasteiger charge is -2.14. The molecule has 0 saturated heterocycles. The van der Waals surface area contributed by atoms with E-state index in [1.165, 1.54) is 30.5 Å². The van der Waals surface area contributed by atoms with Crippen molar-refractivity contribution in [2.75, 3.05) is 11.9 Å². The van der Waals surface area contributed by atoms with Gasteiger partial charge in [0.1, 0.15) is 17.5 Å². The van der Waals surface area contributed by atoms with E-state index in [1.807, 2.05) is 0 Å². The number of hydrogen-bond donors (Lipinski definition) is 3. The number of nitrogens with zero attached hydrogens (tertiary/aromatic N) is 1. The fourth-order valence-corrected chi connectivity index (χ4v) is 3.35. The van der Waals surface area contributed by atoms with Crippen molar-refractivity contribution in [1.29, 1.82) is 0 Å². The van der Waals surface area contributed by atoms with Crippen LogP contribution >= 0.6 is 11.6 Å². The van der Waals surface area contributed by atoms with Crippen molar-refractivity contribution in [1.82, 2.24) is 9.97 Å². The molecule has 0 atom stereocenters. The van der Waals surface area contributed by atoms with Gasteiger partial charge in [0.2, 0.25) is 0 Å². The van der Waals surface area contributed by atoms with Crippen LogP contribution < -0.4 is 10.9 Å². The average molecular weight is 402 g/mol. The largest absolute Gasteiger partial charge is 0.396 e. The molecular formula is C20H14ClF2N3O2. The van der Waals surface area contributed by atoms with Gasteiger partial charge in [-0.25, -0.2) is 13.8 Å². The molecule has 8 heteroatoms. The Morgan fingerprint density at radius 1 is 1.14 bits per heavy atom. The van der Waals surface area contributed by atoms with E-state index >= 15 is 0 Å². The van der Waals surface area contributed by atoms with Crippen LogP contribution in [0.4, 0.5) is 20.3 Å². The maximum absolute atomic E-state index is 14.0. The lowest BCUT2D eigenvalue weighted by molar-refractivity contribution is 0.297. The van der Waals surface area contributed by atoms with Gasteiger partial charge >= 0.3 is 0 Å². The highest BCUT2D eigenvalue weighted by Crippen LogP contribution is 2.33. The van der Waals surface area contributed by atoms with Crippen molar-refractivity contribution in [3.63, 3.8) is 0 Å². The first kappa shape index (κ1) is 18.3. The molecule has 0 amide bonds. The molecule has 0 bridgehead atoms. The van der Waals surface area contributed by atoms with Gasteiger partial charge in [-0.2, -0.15) is 0 Å². The van der Waals surface area contributed by atoms with Gasteiger partial charge in [-0.15, -0.1) is 0 Å². The fraction of sp³-hybridized carbons (Fsp3) is 0.100. The SMILES string of the molecule is O=c1[nH]ccc2c(Nc3cc(CCO)c(F)cc3Cl)nc3ccc(F)cc3c12. The van der Waals surface area contributed by atoms with Crippen LogP contribution in [-0.4, -0.2) is 21.7 Å². The number of aromatic nitrogens is 2. The topological polar surface area (TPSA) is 78.0 Å². The Morgan fingerprint density at radius 3 is 2.75 bits per heavy atom. The van der Waals surface area contributed by atoms with Crippen LogP contribution in [-0.2, 0) is 6.42 Å². The molecule has 0 aliphatic carbocycles. The first-order chi connectivity index (χ1) is 13.5. The van der Waals surface area contributed by atoms with Gasteiger partial charge in [-0.1, -0.05) is 11.6 Å². The standard InChI is InChI=1S/C20H14ClF2N3O2/c21-14-9-15(23)10(4-6-27)7-17(14)26-19-12-3-5-24-20(28)18(12)13-8-11(22)1-2-16(13)25-19/h1-3,5,7-9,27H,4,6H2,(H,24,28)(H,25,26). The number of rotatable bonds is 4. The molecule has 4 aromatic rings. The predicted molar refractivity (Wildman–Crippen MR) is 105 cm³/mol. The fourth-order valence-electron chi connectivity index (χ4n) is 3.15. The second-order valence-electron chi connectivity index (χ2n) is 6.24. The van der Waals surface area contributed by atoms with Crippen LogP contribution in [0.25, 0.3) is 21.7 Å². The molecule has 0 aliphatic rings. The van der Waals surface area contributed by atoms with E-state index in [4.69, 9.17) is 16.7 Å². The third kappa shape index (κ3) is 3.19. The molecule has 2 aromatic carbocycles. The second kappa shape index (κ2) is 7.18. The highest BCUT2D eigenvalue weighted by Gasteiger charge is 2.15. The van der Waals surface area contributed by atoms with E-state index in [0.29, 0.717) is 33.4 Å². The lowest BCUT2D eigenvalue weighted by atomic mass is 10.1. The second-order valence-corrected chi connectivity index (χ2v) is 6.65. The Hall–Kier alpha value is -3.03. The summed E-state index contributed by atoms with van der Waals surface area (Å²) in [6.07, 6.45) is 1.59. The van der Waals surface area contributed by atoms with Gasteiger partial charge in [0.05, 0.1) is 21.6 Å². The van der Waals surface area contributed by atoms with Gasteiger partial charge in [0.25, 0.3) is 5.56 Å². The summed E-state index contributed by atoms with van der Waals surface area (Å²) in [6, 6.07) is 8.28. The number of benzene rings is 2. The maximum Gasteiger partial charge on any atom is 0.256 e. The van der Waals surface area contributed by atoms with Crippen LogP contribution in [0.3, 0.4) is 0 Å². The number of fused-ring (bicyclic) bond motifs is 3. The zero-order valence-corrected chi connectivity index (χ0v) is 15.1. The summed E-state index contributed by atoms with van der Waals surface area (Å²) in [7, 11) is 0. The average Bonchev–Trinajstić information content (AvgIpc) is 2.66. The molecule has 0 radical (unpaired) electrons. The minimum Gasteiger partial charge on any atom is -0.396 e. The van der Waals surface area contributed by atoms with E-state index in [2.05, 4.69) is 15.3 Å². The van der Waals surface area contributed by atoms with Crippen molar-refractivity contribution in [2.45, 2.75) is 6.42 Å². The number of halogens is 3. The quantitative estimate of drug-likeness (QED) is 0.446. The highest BCUT2D eigenvalue weighted by atomic mass is 35.5. The van der Waals surface area contributed by atoms with E-state index in [1.54, 1.807) is 6.07 Å². The zero-order valence-electron chi connectivity index (χ0n) is 14.4. The molecule has 2 aromatic heterocycles. The molecule has 2 heterocycles. The summed E-state index contributed by atoms with van der Waals surface area (Å²) >= 11 is 6.16. The van der Waals surface area contributed by atoms with Crippen molar-refractivity contribution in [3.05, 3.63) is 75.2 Å². The number of anilines is 2. The first-order valence-electron chi connectivity index (χ1n) is 8.44. The number of pyridine rings is 2. The molecule has 0 saturated carbocycles. The minimum atomic E-state index is -0.521. The van der Waals surface area contributed by atoms with E-state index < -0.39 is 11.6 Å². The number of aliphatic hydroxyl groups excluding tert-OH is 1. The minimum absolute atomic E-state index is 0.123. The summed E-state index contributed by atoms with van der Waals surface area (Å²) in [6.45, 7) is -0.212. The van der Waals surface area contributed by atoms with Gasteiger partial charge < -0.3 is 15.4 Å². The Balaban J connectivity index is 1.95. The number of aromatic amines is 1. The van der Waals surface area contributed by atoms with Crippen molar-refractivity contribution in [3.8, 4) is 0 Å². The van der Waals surface area contributed by atoms with Gasteiger partial charge in [0, 0.05) is 23.6 Å². The Kier molecular flexibility index (Phi) is 4.70. The summed E-state index contributed by atoms with van der Waals surface area (Å²) < 4.78 is 27.7. The van der Waals surface area contributed by atoms with E-state index in [9.17, 15) is 13.6 Å². The van der Waals surface area contributed by atoms with Crippen LogP contribution in [0, 0.1) is 11.6 Å². The zero-order chi connectivity index (χ0) is 19.8. The Morgan fingerprint density at radius 2 is 1.96 bits per heavy atom. The normalized spacial score (nSPS) is 11.3. The molecule has 4 rings (SSSR count). The maximum atomic E-state index is 14.0. The van der Waals surface area contributed by atoms with E-state index in [-0.39, 0.29) is 29.0 Å². The van der Waals surface area contributed by atoms with Crippen LogP contribution in [0.15, 0.2) is 47.4 Å². The van der Waals surface area contributed by atoms with Crippen molar-refractivity contribution < 1.29 is 13.9 Å². The van der Waals surface area contributed by atoms with Crippen molar-refractivity contribution in [2.24, 2.45) is 0 Å². The molecule has 0 unspecified atom stereocenters. The summed E-state index contributed by atoms with van der Waals surface area (Å²) in [5, 5.41) is 13.4. The number of aliphatic hydroxyl groups is 1. The van der Waals surface area contributed by atoms with Crippen LogP contribution in [0.2, 0.25) is 5.02 Å². The van der Waals surface area contributed by atoms with Crippen LogP contribution in [0.5, 0.6) is 0 Å². The van der Waals surface area contributed by atoms with E-state index in [0.717, 1.165) is 6.07 Å². The molecule has 0 fully saturated rings. The molecule has 0 aliphatic heterocycles. The lowest BCUT2D eigenvalue weighted by Crippen LogP contribution is -2.08. The Labute approximate surface area is 162 Å². The summed E-state index contributed by atoms with van der Waals surface area (Å²) in [5.74, 6) is -0.675. The van der Waals surface area contributed by atoms with Crippen LogP contribution in [0.1, 0.15) is 5.56 Å². The predicted octanol–water partition coefficient (Wildman–Crippen LogP) is 4.29. The third-order valence-electron chi connectivity index (χ3n) is 4.45. The van der Waals surface area contributed by atoms with Gasteiger partial charge in [-0.3, -0.25) is 4.79 Å². The highest BCUT2D eigenvalue weighted by molar-refractivity contribution is 6.33. The molecule has 142 valence electrons. The molecule has 0 spiro atoms. The van der Waals surface area contributed by atoms with Crippen molar-refractivity contribution >= 4 is 44.8 Å². The summed E-state index contributed by atoms with van der Waals surface area (Å²) in [5.41, 5.74) is 0.702. The third-order valence-corrected chi connectivity index (χ3v) is 4.76. The molecule has 28 heavy (non-hydrogen) atoms. The first-order valence-corrected chi connectivity index (χ1v) is 8.82. The van der Waals surface area contributed by atoms with Gasteiger partial charge in [0.15, 0.2) is 0 Å². The molecule has 3 N–H and O–H groups in total. The monoisotopic (exact) mass is 401 g/mol. The smallest absolute Gasteiger partial charge is 0.256 e. The Bertz CT molecular complexity index is 1270. The summed E-state index contributed by atoms with van der Waals surface area (Å²) in [4.78, 5) is 19.5. The molecular weight excluding hydrogens is 388 g/mol. The van der Waals surface area contributed by atoms with Gasteiger partial charge in [-0.05, 0) is 48.4 Å². The number of hydrogen-bond acceptors (Lipinski definition) is 4.